The van der Waals surface area contributed by atoms with Crippen molar-refractivity contribution < 1.29 is 14.3 Å². The summed E-state index contributed by atoms with van der Waals surface area (Å²) in [6, 6.07) is 19.1. The Kier molecular flexibility index (Phi) is 4.66. The standard InChI is InChI=1S/C17H18O3/c1-19-16(20-2)17(13-18,14-9-5-3-6-10-14)15-11-7-4-8-12-15/h3-13,16H,1-2H3. The third-order valence-corrected chi connectivity index (χ3v) is 3.49. The first-order valence-corrected chi connectivity index (χ1v) is 6.42. The summed E-state index contributed by atoms with van der Waals surface area (Å²) in [5, 5.41) is 0. The van der Waals surface area contributed by atoms with Crippen LogP contribution in [0.25, 0.3) is 0 Å². The lowest BCUT2D eigenvalue weighted by atomic mass is 9.75. The Morgan fingerprint density at radius 3 is 1.55 bits per heavy atom. The Morgan fingerprint density at radius 1 is 0.850 bits per heavy atom. The molecule has 3 heteroatoms. The topological polar surface area (TPSA) is 35.5 Å². The number of rotatable bonds is 6. The zero-order chi connectivity index (χ0) is 14.4. The lowest BCUT2D eigenvalue weighted by Gasteiger charge is -2.35. The first kappa shape index (κ1) is 14.4. The Balaban J connectivity index is 2.67. The average Bonchev–Trinajstić information content (AvgIpc) is 2.54. The van der Waals surface area contributed by atoms with Gasteiger partial charge in [0.25, 0.3) is 0 Å². The second-order valence-electron chi connectivity index (χ2n) is 4.52. The van der Waals surface area contributed by atoms with Crippen LogP contribution in [0, 0.1) is 0 Å². The van der Waals surface area contributed by atoms with Gasteiger partial charge in [-0.2, -0.15) is 0 Å². The molecule has 2 rings (SSSR count). The first-order valence-electron chi connectivity index (χ1n) is 6.42. The Hall–Kier alpha value is -1.97. The van der Waals surface area contributed by atoms with Gasteiger partial charge >= 0.3 is 0 Å². The van der Waals surface area contributed by atoms with E-state index in [4.69, 9.17) is 9.47 Å². The molecule has 104 valence electrons. The van der Waals surface area contributed by atoms with E-state index >= 15 is 0 Å². The van der Waals surface area contributed by atoms with Gasteiger partial charge in [-0.05, 0) is 11.1 Å². The van der Waals surface area contributed by atoms with Gasteiger partial charge in [-0.3, -0.25) is 0 Å². The van der Waals surface area contributed by atoms with Gasteiger partial charge in [0.05, 0.1) is 0 Å². The molecule has 2 aromatic rings. The zero-order valence-electron chi connectivity index (χ0n) is 11.7. The van der Waals surface area contributed by atoms with Crippen molar-refractivity contribution in [1.29, 1.82) is 0 Å². The molecule has 0 saturated heterocycles. The van der Waals surface area contributed by atoms with Gasteiger partial charge in [0.15, 0.2) is 6.29 Å². The fourth-order valence-corrected chi connectivity index (χ4v) is 2.53. The number of carbonyl (C=O) groups is 1. The van der Waals surface area contributed by atoms with Crippen LogP contribution < -0.4 is 0 Å². The highest BCUT2D eigenvalue weighted by atomic mass is 16.7. The van der Waals surface area contributed by atoms with Gasteiger partial charge in [-0.1, -0.05) is 60.7 Å². The molecular formula is C17H18O3. The summed E-state index contributed by atoms with van der Waals surface area (Å²) >= 11 is 0. The van der Waals surface area contributed by atoms with Crippen LogP contribution in [0.4, 0.5) is 0 Å². The molecule has 0 aromatic heterocycles. The maximum Gasteiger partial charge on any atom is 0.177 e. The van der Waals surface area contributed by atoms with Gasteiger partial charge in [-0.15, -0.1) is 0 Å². The molecule has 0 aliphatic heterocycles. The SMILES string of the molecule is COC(OC)C(C=O)(c1ccccc1)c1ccccc1. The molecule has 0 heterocycles. The number of hydrogen-bond donors (Lipinski definition) is 0. The van der Waals surface area contributed by atoms with Crippen LogP contribution in [-0.4, -0.2) is 26.8 Å². The first-order chi connectivity index (χ1) is 9.79. The van der Waals surface area contributed by atoms with E-state index in [1.807, 2.05) is 60.7 Å². The van der Waals surface area contributed by atoms with Crippen molar-refractivity contribution in [2.75, 3.05) is 14.2 Å². The third kappa shape index (κ3) is 2.38. The average molecular weight is 270 g/mol. The number of aldehydes is 1. The Morgan fingerprint density at radius 2 is 1.25 bits per heavy atom. The molecule has 0 spiro atoms. The number of ether oxygens (including phenoxy) is 2. The highest BCUT2D eigenvalue weighted by Crippen LogP contribution is 2.35. The van der Waals surface area contributed by atoms with E-state index in [1.165, 1.54) is 14.2 Å². The summed E-state index contributed by atoms with van der Waals surface area (Å²) in [4.78, 5) is 12.0. The van der Waals surface area contributed by atoms with Crippen molar-refractivity contribution in [1.82, 2.24) is 0 Å². The summed E-state index contributed by atoms with van der Waals surface area (Å²) in [6.07, 6.45) is 0.208. The van der Waals surface area contributed by atoms with Crippen LogP contribution in [-0.2, 0) is 19.7 Å². The predicted molar refractivity (Wildman–Crippen MR) is 77.5 cm³/mol. The van der Waals surface area contributed by atoms with Gasteiger partial charge in [0, 0.05) is 14.2 Å². The second kappa shape index (κ2) is 6.46. The van der Waals surface area contributed by atoms with Crippen LogP contribution in [0.1, 0.15) is 11.1 Å². The lowest BCUT2D eigenvalue weighted by molar-refractivity contribution is -0.150. The van der Waals surface area contributed by atoms with E-state index < -0.39 is 11.7 Å². The maximum absolute atomic E-state index is 12.0. The summed E-state index contributed by atoms with van der Waals surface area (Å²) in [5.74, 6) is 0. The highest BCUT2D eigenvalue weighted by Gasteiger charge is 2.43. The Labute approximate surface area is 119 Å². The van der Waals surface area contributed by atoms with Gasteiger partial charge in [0.2, 0.25) is 0 Å². The number of methoxy groups -OCH3 is 2. The van der Waals surface area contributed by atoms with E-state index in [0.29, 0.717) is 0 Å². The molecule has 20 heavy (non-hydrogen) atoms. The summed E-state index contributed by atoms with van der Waals surface area (Å²) in [7, 11) is 3.08. The molecule has 0 bridgehead atoms. The van der Waals surface area contributed by atoms with Crippen LogP contribution in [0.15, 0.2) is 60.7 Å². The third-order valence-electron chi connectivity index (χ3n) is 3.49. The molecule has 0 unspecified atom stereocenters. The van der Waals surface area contributed by atoms with Crippen LogP contribution in [0.3, 0.4) is 0 Å². The largest absolute Gasteiger partial charge is 0.354 e. The molecule has 0 radical (unpaired) electrons. The molecule has 0 amide bonds. The quantitative estimate of drug-likeness (QED) is 0.598. The molecule has 0 aliphatic rings. The number of hydrogen-bond acceptors (Lipinski definition) is 3. The number of benzene rings is 2. The fraction of sp³-hybridized carbons (Fsp3) is 0.235. The second-order valence-corrected chi connectivity index (χ2v) is 4.52. The summed E-state index contributed by atoms with van der Waals surface area (Å²) < 4.78 is 10.8. The van der Waals surface area contributed by atoms with E-state index in [-0.39, 0.29) is 0 Å². The predicted octanol–water partition coefficient (Wildman–Crippen LogP) is 2.79. The van der Waals surface area contributed by atoms with E-state index in [2.05, 4.69) is 0 Å². The van der Waals surface area contributed by atoms with Gasteiger partial charge in [0.1, 0.15) is 11.7 Å². The monoisotopic (exact) mass is 270 g/mol. The highest BCUT2D eigenvalue weighted by molar-refractivity contribution is 5.76. The van der Waals surface area contributed by atoms with Crippen molar-refractivity contribution in [2.45, 2.75) is 11.7 Å². The maximum atomic E-state index is 12.0. The molecule has 0 N–H and O–H groups in total. The van der Waals surface area contributed by atoms with Crippen molar-refractivity contribution in [3.05, 3.63) is 71.8 Å². The van der Waals surface area contributed by atoms with Crippen LogP contribution in [0.5, 0.6) is 0 Å². The van der Waals surface area contributed by atoms with E-state index in [1.54, 1.807) is 0 Å². The fourth-order valence-electron chi connectivity index (χ4n) is 2.53. The minimum Gasteiger partial charge on any atom is -0.354 e. The summed E-state index contributed by atoms with van der Waals surface area (Å²) in [6.45, 7) is 0. The molecule has 0 atom stereocenters. The molecule has 0 fully saturated rings. The lowest BCUT2D eigenvalue weighted by Crippen LogP contribution is -2.44. The van der Waals surface area contributed by atoms with Crippen molar-refractivity contribution in [2.24, 2.45) is 0 Å². The van der Waals surface area contributed by atoms with Crippen molar-refractivity contribution in [3.63, 3.8) is 0 Å². The molecular weight excluding hydrogens is 252 g/mol. The van der Waals surface area contributed by atoms with E-state index in [0.717, 1.165) is 17.4 Å². The Bertz CT molecular complexity index is 493. The molecule has 3 nitrogen and oxygen atoms in total. The summed E-state index contributed by atoms with van der Waals surface area (Å²) in [5.41, 5.74) is 0.705. The molecule has 2 aromatic carbocycles. The minimum atomic E-state index is -0.980. The van der Waals surface area contributed by atoms with Gasteiger partial charge < -0.3 is 14.3 Å². The van der Waals surface area contributed by atoms with Crippen LogP contribution >= 0.6 is 0 Å². The molecule has 0 saturated carbocycles. The minimum absolute atomic E-state index is 0.690. The van der Waals surface area contributed by atoms with Crippen molar-refractivity contribution in [3.8, 4) is 0 Å². The smallest absolute Gasteiger partial charge is 0.177 e. The molecule has 0 aliphatic carbocycles. The van der Waals surface area contributed by atoms with Crippen molar-refractivity contribution >= 4 is 6.29 Å². The van der Waals surface area contributed by atoms with Crippen LogP contribution in [0.2, 0.25) is 0 Å². The van der Waals surface area contributed by atoms with E-state index in [9.17, 15) is 4.79 Å². The van der Waals surface area contributed by atoms with Gasteiger partial charge in [-0.25, -0.2) is 0 Å². The zero-order valence-corrected chi connectivity index (χ0v) is 11.7. The normalized spacial score (nSPS) is 11.6. The number of carbonyl (C=O) groups excluding carboxylic acids is 1.